The van der Waals surface area contributed by atoms with Crippen LogP contribution in [0.15, 0.2) is 41.5 Å². The van der Waals surface area contributed by atoms with Crippen molar-refractivity contribution < 1.29 is 14.7 Å². The first-order chi connectivity index (χ1) is 9.47. The number of carboxylic acid groups (broad SMARTS) is 1. The molecule has 2 rings (SSSR count). The lowest BCUT2D eigenvalue weighted by molar-refractivity contribution is 0.0696. The van der Waals surface area contributed by atoms with Crippen molar-refractivity contribution in [3.05, 3.63) is 63.3 Å². The van der Waals surface area contributed by atoms with Crippen LogP contribution in [0.25, 0.3) is 0 Å². The van der Waals surface area contributed by atoms with Crippen molar-refractivity contribution in [3.8, 4) is 0 Å². The summed E-state index contributed by atoms with van der Waals surface area (Å²) < 4.78 is 1.09. The second-order valence-corrected chi connectivity index (χ2v) is 4.42. The number of hydrogen-bond acceptors (Lipinski definition) is 4. The Morgan fingerprint density at radius 2 is 1.80 bits per heavy atom. The number of carboxylic acids is 1. The molecule has 1 aromatic carbocycles. The fraction of sp³-hybridized carbons (Fsp3) is 0.0769. The molecule has 1 heterocycles. The Balaban J connectivity index is 2.21. The first-order valence-electron chi connectivity index (χ1n) is 5.56. The van der Waals surface area contributed by atoms with Crippen molar-refractivity contribution in [1.29, 1.82) is 0 Å². The van der Waals surface area contributed by atoms with E-state index >= 15 is 0 Å². The predicted molar refractivity (Wildman–Crippen MR) is 71.2 cm³/mol. The largest absolute Gasteiger partial charge is 0.478 e. The molecule has 1 aromatic heterocycles. The van der Waals surface area contributed by atoms with Crippen LogP contribution >= 0.6 is 11.6 Å². The van der Waals surface area contributed by atoms with E-state index in [0.717, 1.165) is 4.57 Å². The van der Waals surface area contributed by atoms with Crippen molar-refractivity contribution in [2.75, 3.05) is 0 Å². The molecule has 2 aromatic rings. The van der Waals surface area contributed by atoms with E-state index in [-0.39, 0.29) is 22.9 Å². The Kier molecular flexibility index (Phi) is 3.95. The van der Waals surface area contributed by atoms with Gasteiger partial charge >= 0.3 is 11.7 Å². The van der Waals surface area contributed by atoms with E-state index in [0.29, 0.717) is 5.56 Å². The number of rotatable bonds is 4. The number of aromatic carboxylic acids is 1. The fourth-order valence-corrected chi connectivity index (χ4v) is 1.75. The van der Waals surface area contributed by atoms with Gasteiger partial charge < -0.3 is 5.11 Å². The van der Waals surface area contributed by atoms with E-state index < -0.39 is 11.7 Å². The van der Waals surface area contributed by atoms with Crippen LogP contribution < -0.4 is 5.69 Å². The maximum Gasteiger partial charge on any atom is 0.348 e. The number of carbonyl (C=O) groups is 2. The van der Waals surface area contributed by atoms with Gasteiger partial charge in [0.15, 0.2) is 5.78 Å². The summed E-state index contributed by atoms with van der Waals surface area (Å²) >= 11 is 5.70. The first-order valence-corrected chi connectivity index (χ1v) is 5.94. The van der Waals surface area contributed by atoms with Gasteiger partial charge in [-0.15, -0.1) is 0 Å². The maximum atomic E-state index is 12.0. The zero-order valence-electron chi connectivity index (χ0n) is 10.1. The minimum absolute atomic E-state index is 0.0862. The van der Waals surface area contributed by atoms with Gasteiger partial charge in [-0.05, 0) is 12.1 Å². The molecule has 0 aliphatic rings. The summed E-state index contributed by atoms with van der Waals surface area (Å²) in [7, 11) is 0. The second-order valence-electron chi connectivity index (χ2n) is 3.99. The molecule has 0 spiro atoms. The summed E-state index contributed by atoms with van der Waals surface area (Å²) in [5.41, 5.74) is -0.185. The third kappa shape index (κ3) is 3.10. The van der Waals surface area contributed by atoms with Gasteiger partial charge in [0.1, 0.15) is 0 Å². The maximum absolute atomic E-state index is 12.0. The lowest BCUT2D eigenvalue weighted by Crippen LogP contribution is -2.25. The molecule has 0 unspecified atom stereocenters. The zero-order valence-corrected chi connectivity index (χ0v) is 10.9. The van der Waals surface area contributed by atoms with E-state index in [1.807, 2.05) is 0 Å². The van der Waals surface area contributed by atoms with Crippen molar-refractivity contribution in [2.24, 2.45) is 0 Å². The summed E-state index contributed by atoms with van der Waals surface area (Å²) in [5.74, 6) is -1.41. The number of hydrogen-bond donors (Lipinski definition) is 1. The van der Waals surface area contributed by atoms with Crippen LogP contribution in [0.1, 0.15) is 20.7 Å². The van der Waals surface area contributed by atoms with E-state index in [1.165, 1.54) is 36.7 Å². The molecule has 0 aliphatic carbocycles. The average Bonchev–Trinajstić information content (AvgIpc) is 2.43. The number of benzene rings is 1. The number of ketones is 1. The summed E-state index contributed by atoms with van der Waals surface area (Å²) in [6.45, 7) is -0.210. The molecule has 0 saturated heterocycles. The zero-order chi connectivity index (χ0) is 14.7. The Morgan fingerprint density at radius 3 is 2.40 bits per heavy atom. The minimum Gasteiger partial charge on any atom is -0.478 e. The molecule has 7 heteroatoms. The van der Waals surface area contributed by atoms with Gasteiger partial charge in [-0.1, -0.05) is 23.7 Å². The molecule has 0 fully saturated rings. The normalized spacial score (nSPS) is 10.2. The van der Waals surface area contributed by atoms with Gasteiger partial charge in [0.2, 0.25) is 0 Å². The molecule has 6 nitrogen and oxygen atoms in total. The Hall–Kier alpha value is -2.47. The first kappa shape index (κ1) is 14.0. The number of carbonyl (C=O) groups excluding carboxylic acids is 1. The Bertz CT molecular complexity index is 722. The Labute approximate surface area is 118 Å². The molecule has 0 atom stereocenters. The second kappa shape index (κ2) is 5.66. The van der Waals surface area contributed by atoms with Crippen LogP contribution in [0.5, 0.6) is 0 Å². The molecule has 0 saturated carbocycles. The standard InChI is InChI=1S/C13H9ClN2O4/c14-10-5-15-13(20)16(6-10)7-11(17)8-1-3-9(4-2-8)12(18)19/h1-6H,7H2,(H,18,19). The number of nitrogens with zero attached hydrogens (tertiary/aromatic N) is 2. The highest BCUT2D eigenvalue weighted by Crippen LogP contribution is 2.07. The molecule has 20 heavy (non-hydrogen) atoms. The van der Waals surface area contributed by atoms with Crippen molar-refractivity contribution in [1.82, 2.24) is 9.55 Å². The van der Waals surface area contributed by atoms with Gasteiger partial charge in [-0.3, -0.25) is 9.36 Å². The lowest BCUT2D eigenvalue weighted by atomic mass is 10.1. The van der Waals surface area contributed by atoms with Crippen LogP contribution in [-0.4, -0.2) is 26.4 Å². The molecular formula is C13H9ClN2O4. The minimum atomic E-state index is -1.07. The molecule has 1 N–H and O–H groups in total. The lowest BCUT2D eigenvalue weighted by Gasteiger charge is -2.05. The van der Waals surface area contributed by atoms with Gasteiger partial charge in [0.05, 0.1) is 23.3 Å². The van der Waals surface area contributed by atoms with Crippen LogP contribution in [-0.2, 0) is 6.54 Å². The highest BCUT2D eigenvalue weighted by atomic mass is 35.5. The van der Waals surface area contributed by atoms with E-state index in [2.05, 4.69) is 4.98 Å². The van der Waals surface area contributed by atoms with E-state index in [1.54, 1.807) is 0 Å². The van der Waals surface area contributed by atoms with Crippen LogP contribution in [0.2, 0.25) is 5.02 Å². The predicted octanol–water partition coefficient (Wildman–Crippen LogP) is 1.48. The number of aromatic nitrogens is 2. The van der Waals surface area contributed by atoms with E-state index in [9.17, 15) is 14.4 Å². The van der Waals surface area contributed by atoms with Gasteiger partial charge in [0, 0.05) is 11.8 Å². The molecule has 0 radical (unpaired) electrons. The molecular weight excluding hydrogens is 284 g/mol. The molecule has 102 valence electrons. The molecule has 0 amide bonds. The van der Waals surface area contributed by atoms with Crippen LogP contribution in [0.3, 0.4) is 0 Å². The monoisotopic (exact) mass is 292 g/mol. The number of halogens is 1. The summed E-state index contributed by atoms with van der Waals surface area (Å²) in [4.78, 5) is 37.6. The highest BCUT2D eigenvalue weighted by Gasteiger charge is 2.10. The van der Waals surface area contributed by atoms with E-state index in [4.69, 9.17) is 16.7 Å². The smallest absolute Gasteiger partial charge is 0.348 e. The molecule has 0 aliphatic heterocycles. The SMILES string of the molecule is O=C(O)c1ccc(C(=O)Cn2cc(Cl)cnc2=O)cc1. The van der Waals surface area contributed by atoms with Crippen molar-refractivity contribution in [2.45, 2.75) is 6.54 Å². The average molecular weight is 293 g/mol. The third-order valence-corrected chi connectivity index (χ3v) is 2.79. The van der Waals surface area contributed by atoms with Crippen LogP contribution in [0.4, 0.5) is 0 Å². The van der Waals surface area contributed by atoms with Gasteiger partial charge in [-0.25, -0.2) is 14.6 Å². The van der Waals surface area contributed by atoms with Crippen LogP contribution in [0, 0.1) is 0 Å². The van der Waals surface area contributed by atoms with Crippen molar-refractivity contribution >= 4 is 23.4 Å². The third-order valence-electron chi connectivity index (χ3n) is 2.59. The van der Waals surface area contributed by atoms with Gasteiger partial charge in [-0.2, -0.15) is 0 Å². The summed E-state index contributed by atoms with van der Waals surface area (Å²) in [5, 5.41) is 9.01. The summed E-state index contributed by atoms with van der Waals surface area (Å²) in [6.07, 6.45) is 2.52. The quantitative estimate of drug-likeness (QED) is 0.862. The number of Topliss-reactive ketones (excluding diaryl/α,β-unsaturated/α-hetero) is 1. The fourth-order valence-electron chi connectivity index (χ4n) is 1.59. The summed E-state index contributed by atoms with van der Waals surface area (Å²) in [6, 6.07) is 5.45. The van der Waals surface area contributed by atoms with Gasteiger partial charge in [0.25, 0.3) is 0 Å². The molecule has 0 bridgehead atoms. The van der Waals surface area contributed by atoms with Crippen molar-refractivity contribution in [3.63, 3.8) is 0 Å². The highest BCUT2D eigenvalue weighted by molar-refractivity contribution is 6.30. The Morgan fingerprint density at radius 1 is 1.20 bits per heavy atom. The topological polar surface area (TPSA) is 89.3 Å².